The number of aromatic nitrogens is 1. The predicted octanol–water partition coefficient (Wildman–Crippen LogP) is 4.64. The van der Waals surface area contributed by atoms with E-state index in [4.69, 9.17) is 34.8 Å². The smallest absolute Gasteiger partial charge is 0.257 e. The van der Waals surface area contributed by atoms with Gasteiger partial charge in [-0.15, -0.1) is 0 Å². The van der Waals surface area contributed by atoms with Gasteiger partial charge in [0, 0.05) is 13.2 Å². The fourth-order valence-corrected chi connectivity index (χ4v) is 2.36. The summed E-state index contributed by atoms with van der Waals surface area (Å²) in [5.41, 5.74) is 1.46. The second-order valence-electron chi connectivity index (χ2n) is 4.31. The lowest BCUT2D eigenvalue weighted by atomic mass is 10.2. The highest BCUT2D eigenvalue weighted by Crippen LogP contribution is 2.33. The molecule has 1 aromatic heterocycles. The molecule has 0 aliphatic carbocycles. The number of benzene rings is 1. The summed E-state index contributed by atoms with van der Waals surface area (Å²) >= 11 is 18.3. The van der Waals surface area contributed by atoms with E-state index in [1.807, 2.05) is 6.92 Å². The normalized spacial score (nSPS) is 10.3. The van der Waals surface area contributed by atoms with E-state index in [0.29, 0.717) is 21.6 Å². The Morgan fingerprint density at radius 2 is 1.90 bits per heavy atom. The van der Waals surface area contributed by atoms with Crippen molar-refractivity contribution >= 4 is 52.2 Å². The molecule has 110 valence electrons. The van der Waals surface area contributed by atoms with Gasteiger partial charge >= 0.3 is 0 Å². The lowest BCUT2D eigenvalue weighted by molar-refractivity contribution is 0.102. The standard InChI is InChI=1S/C14H12Cl3N3O/c1-7-3-4-9(15)13(12(7)17)20-14(21)8-5-11(18-2)19-6-10(8)16/h3-6H,1-2H3,(H,18,19)(H,20,21). The van der Waals surface area contributed by atoms with E-state index >= 15 is 0 Å². The first kappa shape index (κ1) is 15.9. The molecule has 1 heterocycles. The van der Waals surface area contributed by atoms with Crippen LogP contribution < -0.4 is 10.6 Å². The molecule has 0 aliphatic rings. The van der Waals surface area contributed by atoms with Crippen molar-refractivity contribution in [3.05, 3.63) is 50.6 Å². The van der Waals surface area contributed by atoms with Crippen LogP contribution in [0.1, 0.15) is 15.9 Å². The van der Waals surface area contributed by atoms with Gasteiger partial charge in [0.05, 0.1) is 26.3 Å². The molecule has 0 saturated carbocycles. The van der Waals surface area contributed by atoms with Crippen LogP contribution in [0.2, 0.25) is 15.1 Å². The molecule has 1 amide bonds. The number of rotatable bonds is 3. The number of amides is 1. The molecule has 2 rings (SSSR count). The van der Waals surface area contributed by atoms with Gasteiger partial charge in [0.25, 0.3) is 5.91 Å². The van der Waals surface area contributed by atoms with Crippen molar-refractivity contribution in [3.63, 3.8) is 0 Å². The first-order valence-electron chi connectivity index (χ1n) is 6.03. The summed E-state index contributed by atoms with van der Waals surface area (Å²) in [4.78, 5) is 16.4. The summed E-state index contributed by atoms with van der Waals surface area (Å²) in [6.45, 7) is 1.83. The number of hydrogen-bond acceptors (Lipinski definition) is 3. The second kappa shape index (κ2) is 6.52. The largest absolute Gasteiger partial charge is 0.373 e. The molecule has 0 saturated heterocycles. The van der Waals surface area contributed by atoms with Gasteiger partial charge in [0.1, 0.15) is 5.82 Å². The number of nitrogens with one attached hydrogen (secondary N) is 2. The zero-order chi connectivity index (χ0) is 15.6. The zero-order valence-corrected chi connectivity index (χ0v) is 13.6. The van der Waals surface area contributed by atoms with E-state index in [1.165, 1.54) is 6.20 Å². The first-order chi connectivity index (χ1) is 9.93. The van der Waals surface area contributed by atoms with Gasteiger partial charge in [-0.3, -0.25) is 4.79 Å². The first-order valence-corrected chi connectivity index (χ1v) is 7.16. The molecule has 7 heteroatoms. The molecule has 1 aromatic carbocycles. The molecule has 0 spiro atoms. The summed E-state index contributed by atoms with van der Waals surface area (Å²) in [7, 11) is 1.70. The zero-order valence-electron chi connectivity index (χ0n) is 11.3. The number of aryl methyl sites for hydroxylation is 1. The number of hydrogen-bond donors (Lipinski definition) is 2. The van der Waals surface area contributed by atoms with E-state index in [1.54, 1.807) is 25.2 Å². The van der Waals surface area contributed by atoms with E-state index in [2.05, 4.69) is 15.6 Å². The highest BCUT2D eigenvalue weighted by molar-refractivity contribution is 6.41. The van der Waals surface area contributed by atoms with Gasteiger partial charge in [-0.05, 0) is 24.6 Å². The molecule has 0 atom stereocenters. The maximum Gasteiger partial charge on any atom is 0.257 e. The van der Waals surface area contributed by atoms with E-state index in [9.17, 15) is 4.79 Å². The molecule has 21 heavy (non-hydrogen) atoms. The maximum absolute atomic E-state index is 12.4. The van der Waals surface area contributed by atoms with Crippen LogP contribution in [0, 0.1) is 6.92 Å². The van der Waals surface area contributed by atoms with Crippen LogP contribution in [0.25, 0.3) is 0 Å². The van der Waals surface area contributed by atoms with E-state index in [0.717, 1.165) is 5.56 Å². The summed E-state index contributed by atoms with van der Waals surface area (Å²) in [5.74, 6) is 0.124. The van der Waals surface area contributed by atoms with Gasteiger partial charge < -0.3 is 10.6 Å². The molecular weight excluding hydrogens is 333 g/mol. The summed E-state index contributed by atoms with van der Waals surface area (Å²) in [5, 5.41) is 6.53. The fraction of sp³-hybridized carbons (Fsp3) is 0.143. The number of halogens is 3. The molecule has 0 bridgehead atoms. The lowest BCUT2D eigenvalue weighted by Crippen LogP contribution is -2.14. The van der Waals surface area contributed by atoms with Crippen LogP contribution >= 0.6 is 34.8 Å². The summed E-state index contributed by atoms with van der Waals surface area (Å²) < 4.78 is 0. The Morgan fingerprint density at radius 1 is 1.19 bits per heavy atom. The average Bonchev–Trinajstić information content (AvgIpc) is 2.48. The third-order valence-corrected chi connectivity index (χ3v) is 3.98. The van der Waals surface area contributed by atoms with Crippen molar-refractivity contribution in [1.82, 2.24) is 4.98 Å². The Balaban J connectivity index is 2.37. The minimum absolute atomic E-state index is 0.242. The van der Waals surface area contributed by atoms with Crippen LogP contribution in [-0.4, -0.2) is 17.9 Å². The molecular formula is C14H12Cl3N3O. The van der Waals surface area contributed by atoms with Crippen LogP contribution in [-0.2, 0) is 0 Å². The maximum atomic E-state index is 12.4. The van der Waals surface area contributed by atoms with Crippen molar-refractivity contribution < 1.29 is 4.79 Å². The third-order valence-electron chi connectivity index (χ3n) is 2.88. The quantitative estimate of drug-likeness (QED) is 0.852. The van der Waals surface area contributed by atoms with Gasteiger partial charge in [-0.1, -0.05) is 40.9 Å². The highest BCUT2D eigenvalue weighted by Gasteiger charge is 2.16. The second-order valence-corrected chi connectivity index (χ2v) is 5.50. The van der Waals surface area contributed by atoms with Crippen molar-refractivity contribution in [2.24, 2.45) is 0 Å². The lowest BCUT2D eigenvalue weighted by Gasteiger charge is -2.12. The number of carbonyl (C=O) groups excluding carboxylic acids is 1. The monoisotopic (exact) mass is 343 g/mol. The van der Waals surface area contributed by atoms with Crippen molar-refractivity contribution in [2.75, 3.05) is 17.7 Å². The average molecular weight is 345 g/mol. The number of pyridine rings is 1. The molecule has 0 unspecified atom stereocenters. The van der Waals surface area contributed by atoms with Gasteiger partial charge in [0.2, 0.25) is 0 Å². The minimum atomic E-state index is -0.409. The Bertz CT molecular complexity index is 704. The molecule has 0 fully saturated rings. The number of carbonyl (C=O) groups is 1. The Labute approximate surface area is 137 Å². The van der Waals surface area contributed by atoms with Crippen LogP contribution in [0.5, 0.6) is 0 Å². The van der Waals surface area contributed by atoms with Gasteiger partial charge in [0.15, 0.2) is 0 Å². The fourth-order valence-electron chi connectivity index (χ4n) is 1.70. The highest BCUT2D eigenvalue weighted by atomic mass is 35.5. The SMILES string of the molecule is CNc1cc(C(=O)Nc2c(Cl)ccc(C)c2Cl)c(Cl)cn1. The van der Waals surface area contributed by atoms with Crippen molar-refractivity contribution in [2.45, 2.75) is 6.92 Å². The number of nitrogens with zero attached hydrogens (tertiary/aromatic N) is 1. The Kier molecular flexibility index (Phi) is 4.93. The summed E-state index contributed by atoms with van der Waals surface area (Å²) in [6, 6.07) is 5.00. The molecule has 2 aromatic rings. The minimum Gasteiger partial charge on any atom is -0.373 e. The molecule has 4 nitrogen and oxygen atoms in total. The number of anilines is 2. The summed E-state index contributed by atoms with van der Waals surface area (Å²) in [6.07, 6.45) is 1.40. The van der Waals surface area contributed by atoms with Gasteiger partial charge in [-0.25, -0.2) is 4.98 Å². The van der Waals surface area contributed by atoms with Crippen molar-refractivity contribution in [3.8, 4) is 0 Å². The van der Waals surface area contributed by atoms with Crippen molar-refractivity contribution in [1.29, 1.82) is 0 Å². The topological polar surface area (TPSA) is 54.0 Å². The Hall–Kier alpha value is -1.49. The molecule has 2 N–H and O–H groups in total. The Morgan fingerprint density at radius 3 is 2.57 bits per heavy atom. The van der Waals surface area contributed by atoms with Crippen LogP contribution in [0.4, 0.5) is 11.5 Å². The van der Waals surface area contributed by atoms with Gasteiger partial charge in [-0.2, -0.15) is 0 Å². The van der Waals surface area contributed by atoms with E-state index in [-0.39, 0.29) is 10.6 Å². The van der Waals surface area contributed by atoms with Crippen LogP contribution in [0.3, 0.4) is 0 Å². The van der Waals surface area contributed by atoms with E-state index < -0.39 is 5.91 Å². The third kappa shape index (κ3) is 3.40. The molecule has 0 aliphatic heterocycles. The van der Waals surface area contributed by atoms with Crippen LogP contribution in [0.15, 0.2) is 24.4 Å². The molecule has 0 radical (unpaired) electrons. The predicted molar refractivity (Wildman–Crippen MR) is 87.9 cm³/mol.